The molecule has 0 aromatic carbocycles. The first kappa shape index (κ1) is 15.1. The van der Waals surface area contributed by atoms with E-state index in [2.05, 4.69) is 24.1 Å². The third-order valence-corrected chi connectivity index (χ3v) is 2.59. The number of aliphatic hydroxyl groups is 1. The van der Waals surface area contributed by atoms with Crippen LogP contribution in [0.1, 0.15) is 19.7 Å². The second-order valence-corrected chi connectivity index (χ2v) is 4.99. The van der Waals surface area contributed by atoms with Gasteiger partial charge in [0.1, 0.15) is 5.82 Å². The maximum Gasteiger partial charge on any atom is 0.109 e. The van der Waals surface area contributed by atoms with Gasteiger partial charge in [0.15, 0.2) is 0 Å². The highest BCUT2D eigenvalue weighted by molar-refractivity contribution is 4.91. The summed E-state index contributed by atoms with van der Waals surface area (Å²) in [6, 6.07) is 0. The van der Waals surface area contributed by atoms with Gasteiger partial charge in [-0.1, -0.05) is 13.8 Å². The summed E-state index contributed by atoms with van der Waals surface area (Å²) in [5.41, 5.74) is 0. The Bertz CT molecular complexity index is 326. The standard InChI is InChI=1S/C13H25N3O2/c1-11(2)9-18-10-12(17)8-14-5-4-13-15-6-7-16(13)3/h6-7,11-12,14,17H,4-5,8-10H2,1-3H3. The van der Waals surface area contributed by atoms with Crippen molar-refractivity contribution < 1.29 is 9.84 Å². The van der Waals surface area contributed by atoms with Crippen LogP contribution in [0.3, 0.4) is 0 Å². The monoisotopic (exact) mass is 255 g/mol. The maximum atomic E-state index is 9.67. The fraction of sp³-hybridized carbons (Fsp3) is 0.769. The second kappa shape index (κ2) is 8.24. The van der Waals surface area contributed by atoms with Crippen molar-refractivity contribution in [3.05, 3.63) is 18.2 Å². The van der Waals surface area contributed by atoms with Crippen molar-refractivity contribution in [2.75, 3.05) is 26.3 Å². The number of aryl methyl sites for hydroxylation is 1. The van der Waals surface area contributed by atoms with Crippen LogP contribution in [0.15, 0.2) is 12.4 Å². The highest BCUT2D eigenvalue weighted by Crippen LogP contribution is 1.95. The van der Waals surface area contributed by atoms with Crippen molar-refractivity contribution >= 4 is 0 Å². The number of hydrogen-bond donors (Lipinski definition) is 2. The Morgan fingerprint density at radius 1 is 1.44 bits per heavy atom. The van der Waals surface area contributed by atoms with Crippen molar-refractivity contribution in [2.45, 2.75) is 26.4 Å². The second-order valence-electron chi connectivity index (χ2n) is 4.99. The van der Waals surface area contributed by atoms with Crippen LogP contribution in [0, 0.1) is 5.92 Å². The van der Waals surface area contributed by atoms with E-state index in [1.165, 1.54) is 0 Å². The van der Waals surface area contributed by atoms with Crippen LogP contribution in [0.5, 0.6) is 0 Å². The molecule has 2 N–H and O–H groups in total. The topological polar surface area (TPSA) is 59.3 Å². The molecule has 1 unspecified atom stereocenters. The lowest BCUT2D eigenvalue weighted by Gasteiger charge is -2.13. The van der Waals surface area contributed by atoms with Gasteiger partial charge in [-0.2, -0.15) is 0 Å². The van der Waals surface area contributed by atoms with Crippen molar-refractivity contribution in [2.24, 2.45) is 13.0 Å². The number of ether oxygens (including phenoxy) is 1. The number of nitrogens with one attached hydrogen (secondary N) is 1. The first-order valence-electron chi connectivity index (χ1n) is 6.52. The van der Waals surface area contributed by atoms with Crippen molar-refractivity contribution in [3.8, 4) is 0 Å². The van der Waals surface area contributed by atoms with Crippen LogP contribution >= 0.6 is 0 Å². The fourth-order valence-corrected chi connectivity index (χ4v) is 1.60. The minimum Gasteiger partial charge on any atom is -0.389 e. The summed E-state index contributed by atoms with van der Waals surface area (Å²) in [7, 11) is 1.98. The van der Waals surface area contributed by atoms with Crippen molar-refractivity contribution in [1.82, 2.24) is 14.9 Å². The number of nitrogens with zero attached hydrogens (tertiary/aromatic N) is 2. The first-order valence-corrected chi connectivity index (χ1v) is 6.52. The Kier molecular flexibility index (Phi) is 6.93. The molecule has 1 heterocycles. The van der Waals surface area contributed by atoms with Crippen LogP contribution < -0.4 is 5.32 Å². The summed E-state index contributed by atoms with van der Waals surface area (Å²) in [6.45, 7) is 6.65. The summed E-state index contributed by atoms with van der Waals surface area (Å²) in [4.78, 5) is 4.24. The average Bonchev–Trinajstić information content (AvgIpc) is 2.70. The lowest BCUT2D eigenvalue weighted by molar-refractivity contribution is 0.0263. The minimum absolute atomic E-state index is 0.396. The molecule has 104 valence electrons. The van der Waals surface area contributed by atoms with E-state index < -0.39 is 6.10 Å². The summed E-state index contributed by atoms with van der Waals surface area (Å²) >= 11 is 0. The highest BCUT2D eigenvalue weighted by atomic mass is 16.5. The maximum absolute atomic E-state index is 9.67. The van der Waals surface area contributed by atoms with E-state index in [1.807, 2.05) is 17.8 Å². The van der Waals surface area contributed by atoms with Crippen molar-refractivity contribution in [3.63, 3.8) is 0 Å². The van der Waals surface area contributed by atoms with Crippen LogP contribution in [0.25, 0.3) is 0 Å². The van der Waals surface area contributed by atoms with E-state index in [1.54, 1.807) is 6.20 Å². The largest absolute Gasteiger partial charge is 0.389 e. The normalized spacial score (nSPS) is 13.2. The van der Waals surface area contributed by atoms with E-state index in [4.69, 9.17) is 4.74 Å². The molecule has 0 saturated heterocycles. The fourth-order valence-electron chi connectivity index (χ4n) is 1.60. The summed E-state index contributed by atoms with van der Waals surface area (Å²) in [5.74, 6) is 1.56. The van der Waals surface area contributed by atoms with Gasteiger partial charge in [-0.15, -0.1) is 0 Å². The number of rotatable bonds is 9. The zero-order valence-electron chi connectivity index (χ0n) is 11.6. The zero-order chi connectivity index (χ0) is 13.4. The minimum atomic E-state index is -0.440. The third kappa shape index (κ3) is 6.14. The van der Waals surface area contributed by atoms with Gasteiger partial charge in [-0.25, -0.2) is 4.98 Å². The molecule has 18 heavy (non-hydrogen) atoms. The Labute approximate surface area is 109 Å². The van der Waals surface area contributed by atoms with Gasteiger partial charge >= 0.3 is 0 Å². The van der Waals surface area contributed by atoms with Gasteiger partial charge < -0.3 is 19.7 Å². The molecule has 0 bridgehead atoms. The smallest absolute Gasteiger partial charge is 0.109 e. The zero-order valence-corrected chi connectivity index (χ0v) is 11.6. The van der Waals surface area contributed by atoms with Crippen molar-refractivity contribution in [1.29, 1.82) is 0 Å². The van der Waals surface area contributed by atoms with E-state index in [9.17, 15) is 5.11 Å². The molecule has 1 aromatic rings. The third-order valence-electron chi connectivity index (χ3n) is 2.59. The summed E-state index contributed by atoms with van der Waals surface area (Å²) < 4.78 is 7.38. The van der Waals surface area contributed by atoms with E-state index in [0.29, 0.717) is 25.7 Å². The van der Waals surface area contributed by atoms with Crippen LogP contribution in [-0.4, -0.2) is 47.1 Å². The molecular weight excluding hydrogens is 230 g/mol. The molecule has 0 aliphatic heterocycles. The summed E-state index contributed by atoms with van der Waals surface area (Å²) in [5, 5.41) is 12.9. The molecule has 0 radical (unpaired) electrons. The van der Waals surface area contributed by atoms with Crippen LogP contribution in [0.2, 0.25) is 0 Å². The Morgan fingerprint density at radius 2 is 2.22 bits per heavy atom. The van der Waals surface area contributed by atoms with Gasteiger partial charge in [0, 0.05) is 45.6 Å². The Balaban J connectivity index is 2.02. The lowest BCUT2D eigenvalue weighted by Crippen LogP contribution is -2.32. The Morgan fingerprint density at radius 3 is 2.83 bits per heavy atom. The Hall–Kier alpha value is -0.910. The van der Waals surface area contributed by atoms with Gasteiger partial charge in [-0.05, 0) is 5.92 Å². The molecule has 0 amide bonds. The average molecular weight is 255 g/mol. The molecule has 1 rings (SSSR count). The summed E-state index contributed by atoms with van der Waals surface area (Å²) in [6.07, 6.45) is 4.15. The predicted octanol–water partition coefficient (Wildman–Crippen LogP) is 0.586. The van der Waals surface area contributed by atoms with Gasteiger partial charge in [0.25, 0.3) is 0 Å². The van der Waals surface area contributed by atoms with Gasteiger partial charge in [0.05, 0.1) is 12.7 Å². The van der Waals surface area contributed by atoms with Crippen LogP contribution in [0.4, 0.5) is 0 Å². The molecule has 0 spiro atoms. The van der Waals surface area contributed by atoms with Gasteiger partial charge in [0.2, 0.25) is 0 Å². The number of hydrogen-bond acceptors (Lipinski definition) is 4. The molecule has 1 atom stereocenters. The predicted molar refractivity (Wildman–Crippen MR) is 71.4 cm³/mol. The SMILES string of the molecule is CC(C)COCC(O)CNCCc1nccn1C. The van der Waals surface area contributed by atoms with E-state index in [-0.39, 0.29) is 0 Å². The highest BCUT2D eigenvalue weighted by Gasteiger charge is 2.05. The van der Waals surface area contributed by atoms with E-state index in [0.717, 1.165) is 18.8 Å². The number of aliphatic hydroxyl groups excluding tert-OH is 1. The molecular formula is C13H25N3O2. The first-order chi connectivity index (χ1) is 8.59. The van der Waals surface area contributed by atoms with Crippen LogP contribution in [-0.2, 0) is 18.2 Å². The molecule has 0 fully saturated rings. The quantitative estimate of drug-likeness (QED) is 0.634. The molecule has 1 aromatic heterocycles. The molecule has 0 aliphatic rings. The molecule has 5 heteroatoms. The number of aromatic nitrogens is 2. The molecule has 0 aliphatic carbocycles. The lowest BCUT2D eigenvalue weighted by atomic mass is 10.2. The van der Waals surface area contributed by atoms with Gasteiger partial charge in [-0.3, -0.25) is 0 Å². The number of imidazole rings is 1. The van der Waals surface area contributed by atoms with E-state index >= 15 is 0 Å². The molecule has 0 saturated carbocycles. The molecule has 5 nitrogen and oxygen atoms in total.